The molecule has 0 aromatic heterocycles. The molecule has 5 nitrogen and oxygen atoms in total. The molecule has 31 heavy (non-hydrogen) atoms. The lowest BCUT2D eigenvalue weighted by molar-refractivity contribution is -0.174. The molecule has 0 bridgehead atoms. The molecule has 4 aliphatic carbocycles. The van der Waals surface area contributed by atoms with E-state index < -0.39 is 0 Å². The molecule has 178 valence electrons. The van der Waals surface area contributed by atoms with Gasteiger partial charge in [-0.05, 0) is 104 Å². The first-order valence-electron chi connectivity index (χ1n) is 13.0. The van der Waals surface area contributed by atoms with Gasteiger partial charge in [-0.3, -0.25) is 4.79 Å². The van der Waals surface area contributed by atoms with E-state index >= 15 is 0 Å². The van der Waals surface area contributed by atoms with Gasteiger partial charge in [0.05, 0.1) is 12.2 Å². The molecule has 0 saturated heterocycles. The largest absolute Gasteiger partial charge is 0.393 e. The summed E-state index contributed by atoms with van der Waals surface area (Å²) in [5, 5.41) is 24.7. The zero-order chi connectivity index (χ0) is 22.4. The van der Waals surface area contributed by atoms with Crippen molar-refractivity contribution in [1.29, 1.82) is 0 Å². The minimum absolute atomic E-state index is 0.0221. The van der Waals surface area contributed by atoms with E-state index in [4.69, 9.17) is 5.73 Å². The van der Waals surface area contributed by atoms with E-state index in [9.17, 15) is 15.0 Å². The van der Waals surface area contributed by atoms with Crippen LogP contribution in [0, 0.1) is 46.3 Å². The molecule has 10 atom stereocenters. The van der Waals surface area contributed by atoms with Gasteiger partial charge in [-0.2, -0.15) is 0 Å². The summed E-state index contributed by atoms with van der Waals surface area (Å²) in [6.45, 7) is 8.19. The van der Waals surface area contributed by atoms with Crippen LogP contribution in [-0.2, 0) is 4.79 Å². The van der Waals surface area contributed by atoms with E-state index in [2.05, 4.69) is 26.1 Å². The first-order valence-corrected chi connectivity index (χ1v) is 13.0. The number of fused-ring (bicyclic) bond motifs is 5. The summed E-state index contributed by atoms with van der Waals surface area (Å²) in [7, 11) is 0. The van der Waals surface area contributed by atoms with Crippen LogP contribution in [0.3, 0.4) is 0 Å². The molecule has 0 aromatic rings. The van der Waals surface area contributed by atoms with Crippen LogP contribution in [0.1, 0.15) is 85.0 Å². The number of hydrogen-bond acceptors (Lipinski definition) is 4. The number of nitrogens with one attached hydrogen (secondary N) is 1. The lowest BCUT2D eigenvalue weighted by Crippen LogP contribution is -2.58. The fourth-order valence-electron chi connectivity index (χ4n) is 9.02. The molecule has 4 fully saturated rings. The van der Waals surface area contributed by atoms with Gasteiger partial charge in [0.25, 0.3) is 0 Å². The minimum atomic E-state index is -0.248. The number of carbonyl (C=O) groups is 1. The van der Waals surface area contributed by atoms with Gasteiger partial charge < -0.3 is 21.3 Å². The van der Waals surface area contributed by atoms with Crippen LogP contribution in [0.5, 0.6) is 0 Å². The predicted molar refractivity (Wildman–Crippen MR) is 123 cm³/mol. The minimum Gasteiger partial charge on any atom is -0.393 e. The Morgan fingerprint density at radius 1 is 1.10 bits per heavy atom. The van der Waals surface area contributed by atoms with Gasteiger partial charge in [0.1, 0.15) is 0 Å². The normalized spacial score (nSPS) is 47.7. The molecule has 5 N–H and O–H groups in total. The van der Waals surface area contributed by atoms with Gasteiger partial charge in [0.15, 0.2) is 0 Å². The van der Waals surface area contributed by atoms with Crippen molar-refractivity contribution in [2.75, 3.05) is 13.1 Å². The van der Waals surface area contributed by atoms with Gasteiger partial charge >= 0.3 is 0 Å². The smallest absolute Gasteiger partial charge is 0.220 e. The zero-order valence-corrected chi connectivity index (χ0v) is 20.0. The van der Waals surface area contributed by atoms with Gasteiger partial charge in [-0.15, -0.1) is 0 Å². The zero-order valence-electron chi connectivity index (χ0n) is 20.0. The van der Waals surface area contributed by atoms with Crippen LogP contribution in [0.4, 0.5) is 0 Å². The number of rotatable bonds is 6. The monoisotopic (exact) mass is 434 g/mol. The van der Waals surface area contributed by atoms with E-state index in [1.54, 1.807) is 0 Å². The number of nitrogens with two attached hydrogens (primary N) is 1. The van der Waals surface area contributed by atoms with Crippen molar-refractivity contribution in [3.8, 4) is 0 Å². The van der Waals surface area contributed by atoms with E-state index in [-0.39, 0.29) is 28.9 Å². The summed E-state index contributed by atoms with van der Waals surface area (Å²) in [5.41, 5.74) is 5.76. The summed E-state index contributed by atoms with van der Waals surface area (Å²) < 4.78 is 0. The highest BCUT2D eigenvalue weighted by Crippen LogP contribution is 2.68. The molecule has 4 aliphatic rings. The van der Waals surface area contributed by atoms with Gasteiger partial charge in [-0.1, -0.05) is 20.8 Å². The Bertz CT molecular complexity index is 657. The van der Waals surface area contributed by atoms with Crippen molar-refractivity contribution in [1.82, 2.24) is 5.32 Å². The molecule has 0 spiro atoms. The van der Waals surface area contributed by atoms with Crippen LogP contribution in [0.25, 0.3) is 0 Å². The Balaban J connectivity index is 1.47. The average molecular weight is 435 g/mol. The maximum Gasteiger partial charge on any atom is 0.220 e. The summed E-state index contributed by atoms with van der Waals surface area (Å²) in [6.07, 6.45) is 9.96. The van der Waals surface area contributed by atoms with Crippen molar-refractivity contribution in [3.05, 3.63) is 0 Å². The highest BCUT2D eigenvalue weighted by atomic mass is 16.3. The topological polar surface area (TPSA) is 95.6 Å². The van der Waals surface area contributed by atoms with Crippen LogP contribution in [0.15, 0.2) is 0 Å². The van der Waals surface area contributed by atoms with Crippen LogP contribution < -0.4 is 11.1 Å². The molecular weight excluding hydrogens is 388 g/mol. The van der Waals surface area contributed by atoms with E-state index in [1.807, 2.05) is 0 Å². The third-order valence-electron chi connectivity index (χ3n) is 10.8. The Kier molecular flexibility index (Phi) is 6.78. The molecule has 1 amide bonds. The van der Waals surface area contributed by atoms with E-state index in [0.717, 1.165) is 38.0 Å². The molecule has 0 unspecified atom stereocenters. The summed E-state index contributed by atoms with van der Waals surface area (Å²) >= 11 is 0. The Labute approximate surface area is 188 Å². The molecule has 0 aromatic carbocycles. The summed E-state index contributed by atoms with van der Waals surface area (Å²) in [6, 6.07) is 0. The summed E-state index contributed by atoms with van der Waals surface area (Å²) in [4.78, 5) is 12.1. The lowest BCUT2D eigenvalue weighted by atomic mass is 9.43. The SMILES string of the molecule is C[C@H](CCC(=O)NCCN)[C@H]1CC[C@H]2[C@@H]3CC[C@@H]4C[C@H](O)CC[C@]4(C)[C@H]3C[C@H](O)[C@]12C. The molecule has 4 rings (SSSR count). The van der Waals surface area contributed by atoms with Crippen molar-refractivity contribution < 1.29 is 15.0 Å². The highest BCUT2D eigenvalue weighted by Gasteiger charge is 2.63. The molecule has 4 saturated carbocycles. The number of aliphatic hydroxyl groups excluding tert-OH is 2. The third-order valence-corrected chi connectivity index (χ3v) is 10.8. The van der Waals surface area contributed by atoms with Crippen LogP contribution in [0.2, 0.25) is 0 Å². The number of amides is 1. The second-order valence-electron chi connectivity index (χ2n) is 12.0. The van der Waals surface area contributed by atoms with Crippen molar-refractivity contribution in [2.45, 2.75) is 97.2 Å². The van der Waals surface area contributed by atoms with Crippen molar-refractivity contribution in [2.24, 2.45) is 52.1 Å². The van der Waals surface area contributed by atoms with E-state index in [0.29, 0.717) is 49.1 Å². The highest BCUT2D eigenvalue weighted by molar-refractivity contribution is 5.75. The van der Waals surface area contributed by atoms with Crippen molar-refractivity contribution >= 4 is 5.91 Å². The standard InChI is InChI=1S/C26H46N2O3/c1-16(4-9-24(31)28-13-12-27)20-7-8-21-19-6-5-17-14-18(29)10-11-25(17,2)22(19)15-23(30)26(20,21)3/h16-23,29-30H,4-15,27H2,1-3H3,(H,28,31)/t16-,17-,18-,19+,20-,21+,22+,23+,25+,26-/m1/s1. The Morgan fingerprint density at radius 3 is 2.61 bits per heavy atom. The first kappa shape index (κ1) is 23.5. The number of aliphatic hydroxyl groups is 2. The van der Waals surface area contributed by atoms with Gasteiger partial charge in [0.2, 0.25) is 5.91 Å². The van der Waals surface area contributed by atoms with Crippen LogP contribution >= 0.6 is 0 Å². The quantitative estimate of drug-likeness (QED) is 0.515. The maximum atomic E-state index is 12.1. The molecule has 0 radical (unpaired) electrons. The van der Waals surface area contributed by atoms with E-state index in [1.165, 1.54) is 25.7 Å². The van der Waals surface area contributed by atoms with Crippen molar-refractivity contribution in [3.63, 3.8) is 0 Å². The lowest BCUT2D eigenvalue weighted by Gasteiger charge is -2.62. The first-order chi connectivity index (χ1) is 14.7. The summed E-state index contributed by atoms with van der Waals surface area (Å²) in [5.74, 6) is 3.59. The van der Waals surface area contributed by atoms with Gasteiger partial charge in [-0.25, -0.2) is 0 Å². The number of hydrogen-bond donors (Lipinski definition) is 4. The molecule has 0 aliphatic heterocycles. The Hall–Kier alpha value is -0.650. The Morgan fingerprint density at radius 2 is 1.87 bits per heavy atom. The molecular formula is C26H46N2O3. The molecule has 5 heteroatoms. The van der Waals surface area contributed by atoms with Gasteiger partial charge in [0, 0.05) is 19.5 Å². The fourth-order valence-corrected chi connectivity index (χ4v) is 9.02. The maximum absolute atomic E-state index is 12.1. The predicted octanol–water partition coefficient (Wildman–Crippen LogP) is 3.47. The fraction of sp³-hybridized carbons (Fsp3) is 0.962. The average Bonchev–Trinajstić information content (AvgIpc) is 3.10. The number of carbonyl (C=O) groups excluding carboxylic acids is 1. The molecule has 0 heterocycles. The van der Waals surface area contributed by atoms with Crippen LogP contribution in [-0.4, -0.2) is 41.4 Å². The second kappa shape index (κ2) is 8.95. The third kappa shape index (κ3) is 3.97. The second-order valence-corrected chi connectivity index (χ2v) is 12.0.